The Labute approximate surface area is 148 Å². The summed E-state index contributed by atoms with van der Waals surface area (Å²) in [5.74, 6) is -0.761. The Morgan fingerprint density at radius 3 is 2.28 bits per heavy atom. The third-order valence-corrected chi connectivity index (χ3v) is 5.20. The molecule has 0 radical (unpaired) electrons. The molecule has 6 nitrogen and oxygen atoms in total. The number of anilines is 1. The number of rotatable bonds is 2. The predicted octanol–water partition coefficient (Wildman–Crippen LogP) is 1.35. The van der Waals surface area contributed by atoms with Gasteiger partial charge < -0.3 is 14.7 Å². The molecular weight excluding hydrogens is 318 g/mol. The van der Waals surface area contributed by atoms with E-state index in [0.717, 1.165) is 16.8 Å². The Morgan fingerprint density at radius 2 is 1.64 bits per heavy atom. The van der Waals surface area contributed by atoms with Crippen LogP contribution in [0.3, 0.4) is 0 Å². The lowest BCUT2D eigenvalue weighted by Crippen LogP contribution is -2.52. The molecule has 6 heteroatoms. The Balaban J connectivity index is 1.69. The zero-order valence-corrected chi connectivity index (χ0v) is 15.1. The summed E-state index contributed by atoms with van der Waals surface area (Å²) in [5, 5.41) is 0. The second kappa shape index (κ2) is 6.86. The van der Waals surface area contributed by atoms with E-state index in [4.69, 9.17) is 0 Å². The molecule has 3 amide bonds. The molecule has 1 aromatic carbocycles. The monoisotopic (exact) mass is 343 g/mol. The molecule has 0 spiro atoms. The van der Waals surface area contributed by atoms with Gasteiger partial charge in [0.25, 0.3) is 0 Å². The summed E-state index contributed by atoms with van der Waals surface area (Å²) in [7, 11) is 0. The molecule has 1 unspecified atom stereocenters. The van der Waals surface area contributed by atoms with E-state index in [9.17, 15) is 14.4 Å². The van der Waals surface area contributed by atoms with Gasteiger partial charge in [-0.25, -0.2) is 0 Å². The van der Waals surface area contributed by atoms with Gasteiger partial charge in [-0.3, -0.25) is 14.4 Å². The van der Waals surface area contributed by atoms with Crippen molar-refractivity contribution in [2.24, 2.45) is 5.92 Å². The van der Waals surface area contributed by atoms with Crippen molar-refractivity contribution in [2.75, 3.05) is 37.6 Å². The number of piperazine rings is 1. The van der Waals surface area contributed by atoms with Crippen LogP contribution in [0.25, 0.3) is 0 Å². The lowest BCUT2D eigenvalue weighted by Gasteiger charge is -2.35. The van der Waals surface area contributed by atoms with E-state index in [1.165, 1.54) is 0 Å². The van der Waals surface area contributed by atoms with Crippen LogP contribution in [0.2, 0.25) is 0 Å². The van der Waals surface area contributed by atoms with E-state index in [-0.39, 0.29) is 17.7 Å². The minimum atomic E-state index is -0.594. The smallest absolute Gasteiger partial charge is 0.239 e. The van der Waals surface area contributed by atoms with Gasteiger partial charge in [-0.2, -0.15) is 0 Å². The van der Waals surface area contributed by atoms with E-state index in [0.29, 0.717) is 39.1 Å². The van der Waals surface area contributed by atoms with Gasteiger partial charge in [-0.15, -0.1) is 0 Å². The maximum atomic E-state index is 12.8. The third kappa shape index (κ3) is 3.38. The molecule has 2 saturated heterocycles. The van der Waals surface area contributed by atoms with Gasteiger partial charge >= 0.3 is 0 Å². The summed E-state index contributed by atoms with van der Waals surface area (Å²) in [5.41, 5.74) is 3.05. The molecule has 0 saturated carbocycles. The average Bonchev–Trinajstić information content (AvgIpc) is 2.98. The highest BCUT2D eigenvalue weighted by atomic mass is 16.2. The minimum Gasteiger partial charge on any atom is -0.339 e. The Kier molecular flexibility index (Phi) is 4.79. The van der Waals surface area contributed by atoms with Gasteiger partial charge in [0.2, 0.25) is 17.7 Å². The second-order valence-corrected chi connectivity index (χ2v) is 6.95. The van der Waals surface area contributed by atoms with Crippen molar-refractivity contribution in [1.29, 1.82) is 0 Å². The Morgan fingerprint density at radius 1 is 1.00 bits per heavy atom. The van der Waals surface area contributed by atoms with Crippen LogP contribution < -0.4 is 4.90 Å². The van der Waals surface area contributed by atoms with Crippen LogP contribution in [0.1, 0.15) is 24.5 Å². The van der Waals surface area contributed by atoms with Crippen LogP contribution in [0, 0.1) is 19.8 Å². The number of carbonyl (C=O) groups excluding carboxylic acids is 3. The molecule has 0 N–H and O–H groups in total. The number of benzene rings is 1. The molecule has 2 aliphatic rings. The number of aryl methyl sites for hydroxylation is 2. The zero-order valence-electron chi connectivity index (χ0n) is 15.1. The number of hydrogen-bond acceptors (Lipinski definition) is 3. The van der Waals surface area contributed by atoms with Crippen LogP contribution in [-0.2, 0) is 14.4 Å². The predicted molar refractivity (Wildman–Crippen MR) is 95.2 cm³/mol. The Bertz CT molecular complexity index is 708. The number of carbonyl (C=O) groups is 3. The SMILES string of the molecule is CC(=O)N1CCN(C(=O)C2CCN(c3cc(C)ccc3C)C2=O)CC1. The van der Waals surface area contributed by atoms with Crippen LogP contribution >= 0.6 is 0 Å². The van der Waals surface area contributed by atoms with E-state index in [1.54, 1.807) is 21.6 Å². The van der Waals surface area contributed by atoms with Gasteiger partial charge in [0.1, 0.15) is 5.92 Å². The lowest BCUT2D eigenvalue weighted by atomic mass is 10.1. The summed E-state index contributed by atoms with van der Waals surface area (Å²) in [4.78, 5) is 42.3. The fourth-order valence-corrected chi connectivity index (χ4v) is 3.62. The molecule has 25 heavy (non-hydrogen) atoms. The van der Waals surface area contributed by atoms with E-state index >= 15 is 0 Å². The van der Waals surface area contributed by atoms with Gasteiger partial charge in [0.05, 0.1) is 0 Å². The molecule has 0 aromatic heterocycles. The number of amides is 3. The van der Waals surface area contributed by atoms with Gasteiger partial charge in [-0.05, 0) is 37.5 Å². The van der Waals surface area contributed by atoms with Crippen molar-refractivity contribution in [1.82, 2.24) is 9.80 Å². The summed E-state index contributed by atoms with van der Waals surface area (Å²) in [6, 6.07) is 6.04. The molecule has 2 aliphatic heterocycles. The highest BCUT2D eigenvalue weighted by molar-refractivity contribution is 6.10. The first kappa shape index (κ1) is 17.5. The maximum absolute atomic E-state index is 12.8. The van der Waals surface area contributed by atoms with Crippen molar-refractivity contribution in [3.05, 3.63) is 29.3 Å². The first-order valence-corrected chi connectivity index (χ1v) is 8.81. The number of nitrogens with zero attached hydrogens (tertiary/aromatic N) is 3. The van der Waals surface area contributed by atoms with Gasteiger partial charge in [-0.1, -0.05) is 12.1 Å². The van der Waals surface area contributed by atoms with Crippen molar-refractivity contribution >= 4 is 23.4 Å². The third-order valence-electron chi connectivity index (χ3n) is 5.20. The summed E-state index contributed by atoms with van der Waals surface area (Å²) >= 11 is 0. The first-order valence-electron chi connectivity index (χ1n) is 8.81. The van der Waals surface area contributed by atoms with E-state index in [1.807, 2.05) is 32.0 Å². The molecule has 3 rings (SSSR count). The highest BCUT2D eigenvalue weighted by Gasteiger charge is 2.40. The van der Waals surface area contributed by atoms with Crippen molar-refractivity contribution in [3.63, 3.8) is 0 Å². The summed E-state index contributed by atoms with van der Waals surface area (Å²) in [6.07, 6.45) is 0.554. The average molecular weight is 343 g/mol. The quantitative estimate of drug-likeness (QED) is 0.762. The molecule has 2 fully saturated rings. The molecule has 2 heterocycles. The van der Waals surface area contributed by atoms with Crippen molar-refractivity contribution in [2.45, 2.75) is 27.2 Å². The van der Waals surface area contributed by atoms with Crippen LogP contribution in [0.4, 0.5) is 5.69 Å². The van der Waals surface area contributed by atoms with Crippen LogP contribution in [0.15, 0.2) is 18.2 Å². The second-order valence-electron chi connectivity index (χ2n) is 6.95. The Hall–Kier alpha value is -2.37. The van der Waals surface area contributed by atoms with Crippen LogP contribution in [0.5, 0.6) is 0 Å². The lowest BCUT2D eigenvalue weighted by molar-refractivity contribution is -0.144. The molecule has 0 aliphatic carbocycles. The van der Waals surface area contributed by atoms with E-state index < -0.39 is 5.92 Å². The fraction of sp³-hybridized carbons (Fsp3) is 0.526. The molecule has 134 valence electrons. The van der Waals surface area contributed by atoms with Gasteiger partial charge in [0, 0.05) is 45.3 Å². The normalized spacial score (nSPS) is 21.0. The molecular formula is C19H25N3O3. The minimum absolute atomic E-state index is 0.0325. The van der Waals surface area contributed by atoms with E-state index in [2.05, 4.69) is 0 Å². The highest BCUT2D eigenvalue weighted by Crippen LogP contribution is 2.30. The summed E-state index contributed by atoms with van der Waals surface area (Å²) in [6.45, 7) is 8.20. The zero-order chi connectivity index (χ0) is 18.1. The summed E-state index contributed by atoms with van der Waals surface area (Å²) < 4.78 is 0. The molecule has 0 bridgehead atoms. The molecule has 1 aromatic rings. The standard InChI is InChI=1S/C19H25N3O3/c1-13-4-5-14(2)17(12-13)22-7-6-16(19(22)25)18(24)21-10-8-20(9-11-21)15(3)23/h4-5,12,16H,6-11H2,1-3H3. The number of hydrogen-bond donors (Lipinski definition) is 0. The van der Waals surface area contributed by atoms with Crippen LogP contribution in [-0.4, -0.2) is 60.2 Å². The maximum Gasteiger partial charge on any atom is 0.239 e. The van der Waals surface area contributed by atoms with Gasteiger partial charge in [0.15, 0.2) is 0 Å². The van der Waals surface area contributed by atoms with Crippen molar-refractivity contribution in [3.8, 4) is 0 Å². The topological polar surface area (TPSA) is 60.9 Å². The fourth-order valence-electron chi connectivity index (χ4n) is 3.62. The molecule has 1 atom stereocenters. The largest absolute Gasteiger partial charge is 0.339 e. The van der Waals surface area contributed by atoms with Crippen molar-refractivity contribution < 1.29 is 14.4 Å². The first-order chi connectivity index (χ1) is 11.9.